The predicted octanol–water partition coefficient (Wildman–Crippen LogP) is 19.3. The third-order valence-corrected chi connectivity index (χ3v) is 17.2. The molecule has 0 bridgehead atoms. The van der Waals surface area contributed by atoms with Crippen molar-refractivity contribution in [3.05, 3.63) is 246 Å². The van der Waals surface area contributed by atoms with Crippen molar-refractivity contribution in [3.8, 4) is 0 Å². The van der Waals surface area contributed by atoms with Gasteiger partial charge in [-0.25, -0.2) is 0 Å². The van der Waals surface area contributed by atoms with E-state index in [2.05, 4.69) is 191 Å². The van der Waals surface area contributed by atoms with Crippen molar-refractivity contribution >= 4 is 80.5 Å². The van der Waals surface area contributed by atoms with Crippen molar-refractivity contribution in [1.82, 2.24) is 0 Å². The molecule has 2 atom stereocenters. The smallest absolute Gasteiger partial charge is 0.0638 e. The van der Waals surface area contributed by atoms with Gasteiger partial charge in [0.05, 0.1) is 42.8 Å². The summed E-state index contributed by atoms with van der Waals surface area (Å²) in [6.45, 7) is 26.4. The van der Waals surface area contributed by atoms with E-state index in [0.717, 1.165) is 41.5 Å². The maximum Gasteiger partial charge on any atom is 0.0638 e. The molecule has 0 aliphatic rings. The predicted molar refractivity (Wildman–Crippen MR) is 347 cm³/mol. The van der Waals surface area contributed by atoms with Gasteiger partial charge in [-0.05, 0) is 162 Å². The number of rotatable bonds is 16. The van der Waals surface area contributed by atoms with Gasteiger partial charge in [0.25, 0.3) is 0 Å². The minimum Gasteiger partial charge on any atom is -0.398 e. The van der Waals surface area contributed by atoms with Crippen molar-refractivity contribution < 1.29 is 0 Å². The van der Waals surface area contributed by atoms with Crippen molar-refractivity contribution in [3.63, 3.8) is 0 Å². The molecule has 10 heteroatoms. The number of benzene rings is 8. The summed E-state index contributed by atoms with van der Waals surface area (Å²) in [6.07, 6.45) is 3.25. The lowest BCUT2D eigenvalue weighted by molar-refractivity contribution is 0.617. The Balaban J connectivity index is 0.000000193. The highest BCUT2D eigenvalue weighted by atomic mass is 35.5. The van der Waals surface area contributed by atoms with Crippen molar-refractivity contribution in [2.75, 3.05) is 33.6 Å². The van der Waals surface area contributed by atoms with Crippen molar-refractivity contribution in [1.29, 1.82) is 0 Å². The molecule has 0 aliphatic carbocycles. The van der Waals surface area contributed by atoms with Crippen LogP contribution in [0.5, 0.6) is 0 Å². The van der Waals surface area contributed by atoms with E-state index in [4.69, 9.17) is 69.3 Å². The summed E-state index contributed by atoms with van der Waals surface area (Å²) in [6, 6.07) is 59.4. The number of halogens is 4. The van der Waals surface area contributed by atoms with Gasteiger partial charge in [-0.15, -0.1) is 0 Å². The minimum atomic E-state index is -0.220. The number of hydrogen-bond donors (Lipinski definition) is 6. The second-order valence-electron chi connectivity index (χ2n) is 23.1. The first-order valence-electron chi connectivity index (χ1n) is 27.3. The van der Waals surface area contributed by atoms with Crippen LogP contribution >= 0.6 is 46.4 Å². The SMILES string of the molecule is CC(C)(c1ccc(C(C)(C)c2ccc(N)c(Cl)c2)cc1)c1ccc(N)c(Cl)c1.CC(C)(c1cccc(C(C)(C)c2ccc(N)c(Cl)c2)c1)c1ccc(N)c(Cl)c1.CCC(C)Nc1ccc(Cc2ccc(NC(C)CC)cc2)cc1. The number of nitrogens with one attached hydrogen (secondary N) is 2. The molecule has 0 radical (unpaired) electrons. The number of anilines is 6. The zero-order chi connectivity index (χ0) is 58.0. The average Bonchev–Trinajstić information content (AvgIpc) is 3.55. The molecule has 8 aromatic carbocycles. The molecular formula is C69H82Cl4N6. The Bertz CT molecular complexity index is 3080. The van der Waals surface area contributed by atoms with Gasteiger partial charge in [-0.1, -0.05) is 213 Å². The molecule has 0 fully saturated rings. The van der Waals surface area contributed by atoms with E-state index in [1.54, 1.807) is 0 Å². The Morgan fingerprint density at radius 2 is 0.582 bits per heavy atom. The molecule has 0 heterocycles. The highest BCUT2D eigenvalue weighted by Gasteiger charge is 2.30. The lowest BCUT2D eigenvalue weighted by Gasteiger charge is -2.31. The van der Waals surface area contributed by atoms with Gasteiger partial charge < -0.3 is 33.6 Å². The zero-order valence-electron chi connectivity index (χ0n) is 48.3. The molecule has 8 rings (SSSR count). The van der Waals surface area contributed by atoms with E-state index >= 15 is 0 Å². The van der Waals surface area contributed by atoms with Crippen LogP contribution in [-0.4, -0.2) is 12.1 Å². The lowest BCUT2D eigenvalue weighted by Crippen LogP contribution is -2.23. The molecule has 79 heavy (non-hydrogen) atoms. The Labute approximate surface area is 492 Å². The van der Waals surface area contributed by atoms with E-state index in [-0.39, 0.29) is 21.7 Å². The minimum absolute atomic E-state index is 0.190. The van der Waals surface area contributed by atoms with Crippen LogP contribution in [0.4, 0.5) is 34.1 Å². The van der Waals surface area contributed by atoms with E-state index < -0.39 is 0 Å². The van der Waals surface area contributed by atoms with E-state index in [1.165, 1.54) is 44.8 Å². The monoisotopic (exact) mass is 1130 g/mol. The standard InChI is InChI=1S/2C24H26Cl2N2.C21H30N2/c1-23(2,17-9-11-21(27)19(25)13-17)15-5-7-16(8-6-15)24(3,4)18-10-12-22(28)20(26)14-18;1-23(2,17-8-10-21(27)19(25)13-17)15-6-5-7-16(12-15)24(3,4)18-9-11-22(28)20(26)14-18;1-5-16(3)22-20-11-7-18(8-12-20)15-19-9-13-21(14-10-19)23-17(4)6-2/h2*5-14H,27-28H2,1-4H3;7-14,16-17,22-23H,5-6,15H2,1-4H3. The number of nitrogens with two attached hydrogens (primary N) is 4. The van der Waals surface area contributed by atoms with Crippen LogP contribution in [0.3, 0.4) is 0 Å². The second kappa shape index (κ2) is 26.3. The summed E-state index contributed by atoms with van der Waals surface area (Å²) >= 11 is 25.0. The van der Waals surface area contributed by atoms with Crippen LogP contribution in [0.1, 0.15) is 152 Å². The van der Waals surface area contributed by atoms with Crippen LogP contribution in [0.15, 0.2) is 170 Å². The molecule has 6 nitrogen and oxygen atoms in total. The van der Waals surface area contributed by atoms with Gasteiger partial charge in [0.1, 0.15) is 0 Å². The summed E-state index contributed by atoms with van der Waals surface area (Å²) in [7, 11) is 0. The largest absolute Gasteiger partial charge is 0.398 e. The summed E-state index contributed by atoms with van der Waals surface area (Å²) in [5.74, 6) is 0. The first-order valence-corrected chi connectivity index (χ1v) is 28.8. The number of nitrogen functional groups attached to an aromatic ring is 4. The van der Waals surface area contributed by atoms with Gasteiger partial charge in [0.2, 0.25) is 0 Å². The first-order chi connectivity index (χ1) is 37.2. The van der Waals surface area contributed by atoms with E-state index in [0.29, 0.717) is 54.9 Å². The normalized spacial score (nSPS) is 12.6. The number of hydrogen-bond acceptors (Lipinski definition) is 6. The lowest BCUT2D eigenvalue weighted by atomic mass is 9.73. The summed E-state index contributed by atoms with van der Waals surface area (Å²) in [4.78, 5) is 0. The fourth-order valence-corrected chi connectivity index (χ4v) is 10.1. The Morgan fingerprint density at radius 1 is 0.342 bits per heavy atom. The fraction of sp³-hybridized carbons (Fsp3) is 0.304. The average molecular weight is 1140 g/mol. The quantitative estimate of drug-likeness (QED) is 0.0535. The first kappa shape index (κ1) is 61.9. The Hall–Kier alpha value is -6.28. The second-order valence-corrected chi connectivity index (χ2v) is 24.7. The van der Waals surface area contributed by atoms with Gasteiger partial charge in [-0.2, -0.15) is 0 Å². The topological polar surface area (TPSA) is 128 Å². The van der Waals surface area contributed by atoms with Crippen LogP contribution in [0.2, 0.25) is 20.1 Å². The maximum absolute atomic E-state index is 6.27. The van der Waals surface area contributed by atoms with Crippen LogP contribution in [0.25, 0.3) is 0 Å². The van der Waals surface area contributed by atoms with Crippen LogP contribution in [-0.2, 0) is 28.1 Å². The fourth-order valence-electron chi connectivity index (χ4n) is 9.38. The molecule has 0 aliphatic heterocycles. The Morgan fingerprint density at radius 3 is 0.835 bits per heavy atom. The third-order valence-electron chi connectivity index (χ3n) is 15.9. The molecule has 416 valence electrons. The van der Waals surface area contributed by atoms with Crippen molar-refractivity contribution in [2.24, 2.45) is 0 Å². The Kier molecular flexibility index (Phi) is 20.6. The molecule has 0 spiro atoms. The third kappa shape index (κ3) is 15.6. The molecule has 2 unspecified atom stereocenters. The van der Waals surface area contributed by atoms with Crippen LogP contribution in [0, 0.1) is 0 Å². The van der Waals surface area contributed by atoms with Gasteiger partial charge in [-0.3, -0.25) is 0 Å². The van der Waals surface area contributed by atoms with Crippen LogP contribution < -0.4 is 33.6 Å². The zero-order valence-corrected chi connectivity index (χ0v) is 51.3. The highest BCUT2D eigenvalue weighted by molar-refractivity contribution is 6.34. The summed E-state index contributed by atoms with van der Waals surface area (Å²) in [5.41, 5.74) is 39.5. The molecule has 0 aromatic heterocycles. The van der Waals surface area contributed by atoms with Gasteiger partial charge in [0, 0.05) is 45.1 Å². The van der Waals surface area contributed by atoms with E-state index in [1.807, 2.05) is 72.8 Å². The molecule has 0 amide bonds. The summed E-state index contributed by atoms with van der Waals surface area (Å²) in [5, 5.41) is 9.35. The van der Waals surface area contributed by atoms with Gasteiger partial charge >= 0.3 is 0 Å². The summed E-state index contributed by atoms with van der Waals surface area (Å²) < 4.78 is 0. The van der Waals surface area contributed by atoms with Crippen molar-refractivity contribution in [2.45, 2.75) is 136 Å². The highest BCUT2D eigenvalue weighted by Crippen LogP contribution is 2.41. The molecule has 8 aromatic rings. The molecule has 0 saturated heterocycles. The van der Waals surface area contributed by atoms with E-state index in [9.17, 15) is 0 Å². The van der Waals surface area contributed by atoms with Gasteiger partial charge in [0.15, 0.2) is 0 Å². The molecule has 10 N–H and O–H groups in total. The molecule has 0 saturated carbocycles. The molecular weight excluding hydrogens is 1050 g/mol. The maximum atomic E-state index is 6.27.